The maximum Gasteiger partial charge on any atom is 0.168 e. The molecule has 0 aliphatic rings. The van der Waals surface area contributed by atoms with E-state index in [4.69, 9.17) is 4.42 Å². The minimum Gasteiger partial charge on any atom is -0.464 e. The Hall–Kier alpha value is -1.29. The van der Waals surface area contributed by atoms with E-state index in [0.29, 0.717) is 10.5 Å². The van der Waals surface area contributed by atoms with E-state index in [2.05, 4.69) is 0 Å². The van der Waals surface area contributed by atoms with Crippen molar-refractivity contribution >= 4 is 21.7 Å². The first kappa shape index (κ1) is 7.36. The Bertz CT molecular complexity index is 474. The molecule has 0 spiro atoms. The average molecular weight is 182 g/mol. The topological polar surface area (TPSA) is 47.3 Å². The van der Waals surface area contributed by atoms with E-state index in [1.54, 1.807) is 18.2 Å². The van der Waals surface area contributed by atoms with Crippen LogP contribution in [-0.4, -0.2) is 8.42 Å². The van der Waals surface area contributed by atoms with Gasteiger partial charge in [-0.15, -0.1) is 0 Å². The maximum atomic E-state index is 10.6. The second kappa shape index (κ2) is 2.64. The zero-order valence-electron chi connectivity index (χ0n) is 6.06. The zero-order valence-corrected chi connectivity index (χ0v) is 6.95. The van der Waals surface area contributed by atoms with Crippen LogP contribution >= 0.6 is 0 Å². The molecule has 0 bridgehead atoms. The largest absolute Gasteiger partial charge is 0.464 e. The molecule has 62 valence electrons. The highest BCUT2D eigenvalue weighted by Gasteiger charge is 1.99. The van der Waals surface area contributed by atoms with Crippen LogP contribution in [0.2, 0.25) is 0 Å². The predicted molar refractivity (Wildman–Crippen MR) is 44.8 cm³/mol. The molecular weight excluding hydrogens is 176 g/mol. The van der Waals surface area contributed by atoms with Crippen molar-refractivity contribution < 1.29 is 12.8 Å². The standard InChI is InChI=1S/C8H6O3S/c9-12(10)7-1-2-8-6(5-7)3-4-11-8/h1-5,12H. The fraction of sp³-hybridized carbons (Fsp3) is 0. The summed E-state index contributed by atoms with van der Waals surface area (Å²) < 4.78 is 26.2. The highest BCUT2D eigenvalue weighted by molar-refractivity contribution is 7.72. The first-order chi connectivity index (χ1) is 5.77. The van der Waals surface area contributed by atoms with E-state index in [0.717, 1.165) is 5.39 Å². The number of rotatable bonds is 1. The van der Waals surface area contributed by atoms with Crippen molar-refractivity contribution in [3.63, 3.8) is 0 Å². The molecule has 0 atom stereocenters. The van der Waals surface area contributed by atoms with E-state index >= 15 is 0 Å². The van der Waals surface area contributed by atoms with Crippen LogP contribution in [-0.2, 0) is 10.7 Å². The summed E-state index contributed by atoms with van der Waals surface area (Å²) >= 11 is 0. The Morgan fingerprint density at radius 3 is 2.75 bits per heavy atom. The molecule has 0 unspecified atom stereocenters. The Labute approximate surface area is 70.6 Å². The van der Waals surface area contributed by atoms with Gasteiger partial charge in [-0.1, -0.05) is 0 Å². The lowest BCUT2D eigenvalue weighted by atomic mass is 10.3. The van der Waals surface area contributed by atoms with Crippen molar-refractivity contribution in [3.8, 4) is 0 Å². The first-order valence-corrected chi connectivity index (χ1v) is 4.57. The molecule has 2 rings (SSSR count). The lowest BCUT2D eigenvalue weighted by molar-refractivity contribution is 0.613. The molecule has 1 aromatic heterocycles. The molecule has 0 amide bonds. The van der Waals surface area contributed by atoms with Gasteiger partial charge in [-0.3, -0.25) is 0 Å². The number of fused-ring (bicyclic) bond motifs is 1. The van der Waals surface area contributed by atoms with E-state index < -0.39 is 10.7 Å². The van der Waals surface area contributed by atoms with Gasteiger partial charge in [0.2, 0.25) is 0 Å². The molecular formula is C8H6O3S. The van der Waals surface area contributed by atoms with Gasteiger partial charge in [0.15, 0.2) is 10.7 Å². The van der Waals surface area contributed by atoms with Gasteiger partial charge in [0, 0.05) is 5.39 Å². The summed E-state index contributed by atoms with van der Waals surface area (Å²) in [6, 6.07) is 6.50. The van der Waals surface area contributed by atoms with Crippen LogP contribution in [0.25, 0.3) is 11.0 Å². The van der Waals surface area contributed by atoms with Crippen LogP contribution in [0.5, 0.6) is 0 Å². The number of hydrogen-bond acceptors (Lipinski definition) is 3. The van der Waals surface area contributed by atoms with Crippen LogP contribution in [0.4, 0.5) is 0 Å². The Morgan fingerprint density at radius 2 is 2.00 bits per heavy atom. The van der Waals surface area contributed by atoms with Crippen molar-refractivity contribution in [1.29, 1.82) is 0 Å². The number of thiol groups is 1. The molecule has 0 radical (unpaired) electrons. The molecule has 4 heteroatoms. The molecule has 0 aliphatic heterocycles. The van der Waals surface area contributed by atoms with Crippen molar-refractivity contribution in [2.75, 3.05) is 0 Å². The fourth-order valence-corrected chi connectivity index (χ4v) is 1.51. The minimum absolute atomic E-state index is 0.318. The van der Waals surface area contributed by atoms with Gasteiger partial charge < -0.3 is 4.42 Å². The minimum atomic E-state index is -2.49. The van der Waals surface area contributed by atoms with Crippen LogP contribution < -0.4 is 0 Å². The lowest BCUT2D eigenvalue weighted by Gasteiger charge is -1.89. The molecule has 1 aromatic carbocycles. The quantitative estimate of drug-likeness (QED) is 0.678. The third-order valence-electron chi connectivity index (χ3n) is 1.65. The molecule has 0 saturated carbocycles. The van der Waals surface area contributed by atoms with Gasteiger partial charge in [-0.2, -0.15) is 0 Å². The normalized spacial score (nSPS) is 11.1. The summed E-state index contributed by atoms with van der Waals surface area (Å²) in [5.74, 6) is 0. The van der Waals surface area contributed by atoms with Crippen molar-refractivity contribution in [2.24, 2.45) is 0 Å². The smallest absolute Gasteiger partial charge is 0.168 e. The molecule has 0 N–H and O–H groups in total. The fourth-order valence-electron chi connectivity index (χ4n) is 1.07. The van der Waals surface area contributed by atoms with Crippen molar-refractivity contribution in [1.82, 2.24) is 0 Å². The second-order valence-electron chi connectivity index (χ2n) is 2.40. The Morgan fingerprint density at radius 1 is 1.17 bits per heavy atom. The van der Waals surface area contributed by atoms with Gasteiger partial charge in [0.25, 0.3) is 0 Å². The molecule has 0 aliphatic carbocycles. The third-order valence-corrected chi connectivity index (χ3v) is 2.35. The first-order valence-electron chi connectivity index (χ1n) is 3.39. The zero-order chi connectivity index (χ0) is 8.55. The second-order valence-corrected chi connectivity index (χ2v) is 3.43. The summed E-state index contributed by atoms with van der Waals surface area (Å²) in [6.07, 6.45) is 1.53. The van der Waals surface area contributed by atoms with E-state index in [9.17, 15) is 8.42 Å². The molecule has 0 fully saturated rings. The van der Waals surface area contributed by atoms with Crippen LogP contribution in [0.3, 0.4) is 0 Å². The highest BCUT2D eigenvalue weighted by Crippen LogP contribution is 2.17. The number of benzene rings is 1. The van der Waals surface area contributed by atoms with Gasteiger partial charge in [-0.25, -0.2) is 8.42 Å². The summed E-state index contributed by atoms with van der Waals surface area (Å²) in [6.45, 7) is 0. The Kier molecular flexibility index (Phi) is 1.62. The summed E-state index contributed by atoms with van der Waals surface area (Å²) in [5, 5.41) is 0.812. The average Bonchev–Trinajstić information content (AvgIpc) is 2.49. The summed E-state index contributed by atoms with van der Waals surface area (Å²) in [4.78, 5) is 0.318. The SMILES string of the molecule is O=[SH](=O)c1ccc2occc2c1. The summed E-state index contributed by atoms with van der Waals surface area (Å²) in [7, 11) is -2.49. The van der Waals surface area contributed by atoms with E-state index in [1.165, 1.54) is 12.3 Å². The van der Waals surface area contributed by atoms with Gasteiger partial charge in [0.1, 0.15) is 5.58 Å². The monoisotopic (exact) mass is 182 g/mol. The molecule has 12 heavy (non-hydrogen) atoms. The predicted octanol–water partition coefficient (Wildman–Crippen LogP) is 1.40. The van der Waals surface area contributed by atoms with Gasteiger partial charge >= 0.3 is 0 Å². The van der Waals surface area contributed by atoms with E-state index in [1.807, 2.05) is 0 Å². The molecule has 1 heterocycles. The van der Waals surface area contributed by atoms with Crippen LogP contribution in [0.1, 0.15) is 0 Å². The maximum absolute atomic E-state index is 10.6. The van der Waals surface area contributed by atoms with Crippen LogP contribution in [0.15, 0.2) is 39.8 Å². The third kappa shape index (κ3) is 1.10. The molecule has 2 aromatic rings. The number of hydrogen-bond donors (Lipinski definition) is 1. The summed E-state index contributed by atoms with van der Waals surface area (Å²) in [5.41, 5.74) is 0.704. The highest BCUT2D eigenvalue weighted by atomic mass is 32.2. The molecule has 3 nitrogen and oxygen atoms in total. The lowest BCUT2D eigenvalue weighted by Crippen LogP contribution is -1.77. The molecule has 0 saturated heterocycles. The van der Waals surface area contributed by atoms with Gasteiger partial charge in [0.05, 0.1) is 11.2 Å². The van der Waals surface area contributed by atoms with Gasteiger partial charge in [-0.05, 0) is 24.3 Å². The van der Waals surface area contributed by atoms with Crippen LogP contribution in [0, 0.1) is 0 Å². The van der Waals surface area contributed by atoms with Crippen molar-refractivity contribution in [3.05, 3.63) is 30.5 Å². The van der Waals surface area contributed by atoms with E-state index in [-0.39, 0.29) is 0 Å². The Balaban J connectivity index is 2.76. The number of furan rings is 1. The van der Waals surface area contributed by atoms with Crippen molar-refractivity contribution in [2.45, 2.75) is 4.90 Å².